The first-order chi connectivity index (χ1) is 6.40. The highest BCUT2D eigenvalue weighted by Crippen LogP contribution is 2.08. The Morgan fingerprint density at radius 3 is 1.86 bits per heavy atom. The SMILES string of the molecule is CNC(CC(C(=O)O)C(=O)O)C(C)=O. The highest BCUT2D eigenvalue weighted by molar-refractivity contribution is 5.94. The fourth-order valence-corrected chi connectivity index (χ4v) is 1.03. The Bertz CT molecular complexity index is 236. The molecule has 0 saturated carbocycles. The van der Waals surface area contributed by atoms with E-state index in [1.807, 2.05) is 0 Å². The summed E-state index contributed by atoms with van der Waals surface area (Å²) < 4.78 is 0. The van der Waals surface area contributed by atoms with E-state index in [2.05, 4.69) is 5.32 Å². The van der Waals surface area contributed by atoms with Crippen molar-refractivity contribution in [1.29, 1.82) is 0 Å². The quantitative estimate of drug-likeness (QED) is 0.495. The van der Waals surface area contributed by atoms with Crippen LogP contribution in [-0.2, 0) is 14.4 Å². The molecule has 0 aromatic carbocycles. The molecule has 0 saturated heterocycles. The lowest BCUT2D eigenvalue weighted by atomic mass is 9.98. The van der Waals surface area contributed by atoms with Gasteiger partial charge in [-0.15, -0.1) is 0 Å². The van der Waals surface area contributed by atoms with Crippen LogP contribution in [0, 0.1) is 5.92 Å². The maximum atomic E-state index is 10.9. The highest BCUT2D eigenvalue weighted by Gasteiger charge is 2.30. The standard InChI is InChI=1S/C8H13NO5/c1-4(10)6(9-2)3-5(7(11)12)8(13)14/h5-6,9H,3H2,1-2H3,(H,11,12)(H,13,14). The summed E-state index contributed by atoms with van der Waals surface area (Å²) in [4.78, 5) is 31.9. The number of hydrogen-bond donors (Lipinski definition) is 3. The molecule has 0 aliphatic carbocycles. The van der Waals surface area contributed by atoms with Crippen LogP contribution in [-0.4, -0.2) is 41.0 Å². The van der Waals surface area contributed by atoms with Crippen molar-refractivity contribution < 1.29 is 24.6 Å². The van der Waals surface area contributed by atoms with Crippen molar-refractivity contribution in [3.63, 3.8) is 0 Å². The fraction of sp³-hybridized carbons (Fsp3) is 0.625. The molecule has 0 aliphatic rings. The molecule has 14 heavy (non-hydrogen) atoms. The third-order valence-corrected chi connectivity index (χ3v) is 1.91. The van der Waals surface area contributed by atoms with Crippen LogP contribution >= 0.6 is 0 Å². The molecule has 0 bridgehead atoms. The molecule has 0 fully saturated rings. The van der Waals surface area contributed by atoms with Crippen molar-refractivity contribution in [2.45, 2.75) is 19.4 Å². The van der Waals surface area contributed by atoms with Crippen LogP contribution in [0.2, 0.25) is 0 Å². The number of rotatable bonds is 6. The normalized spacial score (nSPS) is 12.5. The van der Waals surface area contributed by atoms with Gasteiger partial charge in [0.05, 0.1) is 6.04 Å². The van der Waals surface area contributed by atoms with E-state index < -0.39 is 23.9 Å². The second-order valence-corrected chi connectivity index (χ2v) is 2.92. The minimum absolute atomic E-state index is 0.240. The van der Waals surface area contributed by atoms with Gasteiger partial charge in [-0.2, -0.15) is 0 Å². The Balaban J connectivity index is 4.49. The van der Waals surface area contributed by atoms with Crippen LogP contribution in [0.15, 0.2) is 0 Å². The average molecular weight is 203 g/mol. The van der Waals surface area contributed by atoms with Crippen LogP contribution in [0.1, 0.15) is 13.3 Å². The molecule has 1 unspecified atom stereocenters. The Hall–Kier alpha value is -1.43. The summed E-state index contributed by atoms with van der Waals surface area (Å²) in [6, 6.07) is -0.729. The minimum atomic E-state index is -1.55. The lowest BCUT2D eigenvalue weighted by molar-refractivity contribution is -0.155. The number of ketones is 1. The molecule has 0 radical (unpaired) electrons. The number of likely N-dealkylation sites (N-methyl/N-ethyl adjacent to an activating group) is 1. The number of Topliss-reactive ketones (excluding diaryl/α,β-unsaturated/α-hetero) is 1. The molecule has 0 aliphatic heterocycles. The van der Waals surface area contributed by atoms with Crippen LogP contribution < -0.4 is 5.32 Å². The summed E-state index contributed by atoms with van der Waals surface area (Å²) in [6.45, 7) is 1.28. The van der Waals surface area contributed by atoms with Crippen LogP contribution in [0.25, 0.3) is 0 Å². The zero-order chi connectivity index (χ0) is 11.3. The maximum Gasteiger partial charge on any atom is 0.317 e. The lowest BCUT2D eigenvalue weighted by Crippen LogP contribution is -2.38. The summed E-state index contributed by atoms with van der Waals surface area (Å²) in [7, 11) is 1.48. The predicted molar refractivity (Wildman–Crippen MR) is 46.9 cm³/mol. The van der Waals surface area contributed by atoms with Crippen molar-refractivity contribution in [2.75, 3.05) is 7.05 Å². The molecule has 6 heteroatoms. The van der Waals surface area contributed by atoms with Gasteiger partial charge in [0.15, 0.2) is 5.92 Å². The van der Waals surface area contributed by atoms with E-state index >= 15 is 0 Å². The van der Waals surface area contributed by atoms with Gasteiger partial charge in [0.25, 0.3) is 0 Å². The van der Waals surface area contributed by atoms with E-state index in [9.17, 15) is 14.4 Å². The van der Waals surface area contributed by atoms with Crippen molar-refractivity contribution >= 4 is 17.7 Å². The Kier molecular flexibility index (Phi) is 4.79. The molecule has 1 atom stereocenters. The van der Waals surface area contributed by atoms with Crippen LogP contribution in [0.3, 0.4) is 0 Å². The summed E-state index contributed by atoms with van der Waals surface area (Å²) in [5.74, 6) is -4.69. The Labute approximate surface area is 80.9 Å². The van der Waals surface area contributed by atoms with E-state index in [1.165, 1.54) is 14.0 Å². The van der Waals surface area contributed by atoms with Gasteiger partial charge in [-0.3, -0.25) is 14.4 Å². The van der Waals surface area contributed by atoms with E-state index in [1.54, 1.807) is 0 Å². The molecular weight excluding hydrogens is 190 g/mol. The summed E-state index contributed by atoms with van der Waals surface area (Å²) >= 11 is 0. The van der Waals surface area contributed by atoms with Crippen LogP contribution in [0.5, 0.6) is 0 Å². The highest BCUT2D eigenvalue weighted by atomic mass is 16.4. The second-order valence-electron chi connectivity index (χ2n) is 2.92. The van der Waals surface area contributed by atoms with Gasteiger partial charge in [0, 0.05) is 0 Å². The average Bonchev–Trinajstić information content (AvgIpc) is 2.03. The summed E-state index contributed by atoms with van der Waals surface area (Å²) in [5, 5.41) is 19.7. The first kappa shape index (κ1) is 12.6. The molecule has 6 nitrogen and oxygen atoms in total. The van der Waals surface area contributed by atoms with Gasteiger partial charge in [-0.05, 0) is 20.4 Å². The Morgan fingerprint density at radius 2 is 1.64 bits per heavy atom. The van der Waals surface area contributed by atoms with Crippen molar-refractivity contribution in [3.8, 4) is 0 Å². The van der Waals surface area contributed by atoms with Crippen molar-refractivity contribution in [2.24, 2.45) is 5.92 Å². The Morgan fingerprint density at radius 1 is 1.21 bits per heavy atom. The number of hydrogen-bond acceptors (Lipinski definition) is 4. The van der Waals surface area contributed by atoms with Gasteiger partial charge in [-0.1, -0.05) is 0 Å². The van der Waals surface area contributed by atoms with Gasteiger partial charge in [0.1, 0.15) is 5.78 Å². The van der Waals surface area contributed by atoms with E-state index in [0.717, 1.165) is 0 Å². The third kappa shape index (κ3) is 3.53. The van der Waals surface area contributed by atoms with Gasteiger partial charge >= 0.3 is 11.9 Å². The monoisotopic (exact) mass is 203 g/mol. The molecule has 80 valence electrons. The van der Waals surface area contributed by atoms with Crippen molar-refractivity contribution in [1.82, 2.24) is 5.32 Å². The number of carboxylic acid groups (broad SMARTS) is 2. The van der Waals surface area contributed by atoms with Gasteiger partial charge in [0.2, 0.25) is 0 Å². The van der Waals surface area contributed by atoms with E-state index in [0.29, 0.717) is 0 Å². The first-order valence-corrected chi connectivity index (χ1v) is 4.03. The molecular formula is C8H13NO5. The molecule has 0 aromatic rings. The lowest BCUT2D eigenvalue weighted by Gasteiger charge is -2.15. The largest absolute Gasteiger partial charge is 0.481 e. The smallest absolute Gasteiger partial charge is 0.317 e. The van der Waals surface area contributed by atoms with Crippen LogP contribution in [0.4, 0.5) is 0 Å². The first-order valence-electron chi connectivity index (χ1n) is 4.03. The fourth-order valence-electron chi connectivity index (χ4n) is 1.03. The third-order valence-electron chi connectivity index (χ3n) is 1.91. The maximum absolute atomic E-state index is 10.9. The summed E-state index contributed by atoms with van der Waals surface area (Å²) in [6.07, 6.45) is -0.240. The zero-order valence-corrected chi connectivity index (χ0v) is 7.98. The molecule has 0 amide bonds. The topological polar surface area (TPSA) is 104 Å². The predicted octanol–water partition coefficient (Wildman–Crippen LogP) is -0.661. The van der Waals surface area contributed by atoms with Crippen molar-refractivity contribution in [3.05, 3.63) is 0 Å². The van der Waals surface area contributed by atoms with E-state index in [-0.39, 0.29) is 12.2 Å². The molecule has 0 rings (SSSR count). The molecule has 3 N–H and O–H groups in total. The van der Waals surface area contributed by atoms with Gasteiger partial charge in [-0.25, -0.2) is 0 Å². The number of carboxylic acids is 2. The molecule has 0 spiro atoms. The van der Waals surface area contributed by atoms with E-state index in [4.69, 9.17) is 10.2 Å². The number of nitrogens with one attached hydrogen (secondary N) is 1. The molecule has 0 heterocycles. The number of aliphatic carboxylic acids is 2. The molecule has 0 aromatic heterocycles. The number of carbonyl (C=O) groups is 3. The summed E-state index contributed by atoms with van der Waals surface area (Å²) in [5.41, 5.74) is 0. The second kappa shape index (κ2) is 5.33. The zero-order valence-electron chi connectivity index (χ0n) is 7.98. The van der Waals surface area contributed by atoms with Gasteiger partial charge < -0.3 is 15.5 Å². The number of carbonyl (C=O) groups excluding carboxylic acids is 1. The minimum Gasteiger partial charge on any atom is -0.481 e.